The van der Waals surface area contributed by atoms with E-state index in [0.717, 1.165) is 9.13 Å². The van der Waals surface area contributed by atoms with Crippen LogP contribution in [0, 0.1) is 3.57 Å². The van der Waals surface area contributed by atoms with Crippen molar-refractivity contribution in [2.45, 2.75) is 13.1 Å². The largest absolute Gasteiger partial charge is 0.348 e. The summed E-state index contributed by atoms with van der Waals surface area (Å²) in [5.41, 5.74) is 2.21. The number of nitrogens with one attached hydrogen (secondary N) is 2. The molecule has 0 saturated heterocycles. The molecule has 0 spiro atoms. The minimum Gasteiger partial charge on any atom is -0.348 e. The first-order valence-electron chi connectivity index (χ1n) is 8.00. The molecule has 26 heavy (non-hydrogen) atoms. The number of hydrogen-bond donors (Lipinski definition) is 2. The van der Waals surface area contributed by atoms with Crippen LogP contribution in [0.3, 0.4) is 0 Å². The van der Waals surface area contributed by atoms with Gasteiger partial charge < -0.3 is 10.6 Å². The molecule has 0 aliphatic rings. The molecule has 0 fully saturated rings. The number of carbonyl (C=O) groups excluding carboxylic acids is 2. The Bertz CT molecular complexity index is 909. The Kier molecular flexibility index (Phi) is 6.00. The van der Waals surface area contributed by atoms with Crippen LogP contribution in [0.25, 0.3) is 0 Å². The molecule has 3 rings (SSSR count). The molecule has 2 amide bonds. The van der Waals surface area contributed by atoms with E-state index in [4.69, 9.17) is 0 Å². The molecule has 3 aromatic rings. The van der Waals surface area contributed by atoms with Crippen LogP contribution in [-0.2, 0) is 17.9 Å². The summed E-state index contributed by atoms with van der Waals surface area (Å²) in [6.45, 7) is 0.535. The molecule has 0 unspecified atom stereocenters. The number of aromatic nitrogens is 2. The molecule has 0 bridgehead atoms. The predicted molar refractivity (Wildman–Crippen MR) is 108 cm³/mol. The van der Waals surface area contributed by atoms with Crippen LogP contribution < -0.4 is 10.6 Å². The van der Waals surface area contributed by atoms with E-state index in [9.17, 15) is 9.59 Å². The van der Waals surface area contributed by atoms with Gasteiger partial charge in [-0.15, -0.1) is 0 Å². The third-order valence-corrected chi connectivity index (χ3v) is 4.29. The maximum Gasteiger partial charge on any atom is 0.251 e. The molecule has 0 atom stereocenters. The van der Waals surface area contributed by atoms with Crippen LogP contribution in [0.5, 0.6) is 0 Å². The lowest BCUT2D eigenvalue weighted by molar-refractivity contribution is -0.116. The Morgan fingerprint density at radius 2 is 1.92 bits per heavy atom. The summed E-state index contributed by atoms with van der Waals surface area (Å²) < 4.78 is 2.57. The molecule has 0 saturated carbocycles. The summed E-state index contributed by atoms with van der Waals surface area (Å²) in [5, 5.41) is 9.73. The molecule has 132 valence electrons. The van der Waals surface area contributed by atoms with Crippen LogP contribution >= 0.6 is 22.6 Å². The van der Waals surface area contributed by atoms with E-state index in [1.165, 1.54) is 0 Å². The van der Waals surface area contributed by atoms with E-state index in [1.54, 1.807) is 29.2 Å². The van der Waals surface area contributed by atoms with Crippen molar-refractivity contribution >= 4 is 40.1 Å². The lowest BCUT2D eigenvalue weighted by atomic mass is 10.1. The molecule has 0 aliphatic carbocycles. The van der Waals surface area contributed by atoms with Gasteiger partial charge in [0, 0.05) is 33.8 Å². The first-order valence-corrected chi connectivity index (χ1v) is 9.08. The second kappa shape index (κ2) is 8.61. The van der Waals surface area contributed by atoms with Crippen molar-refractivity contribution in [2.24, 2.45) is 0 Å². The number of benzene rings is 2. The molecule has 1 heterocycles. The van der Waals surface area contributed by atoms with Gasteiger partial charge in [0.05, 0.1) is 0 Å². The summed E-state index contributed by atoms with van der Waals surface area (Å²) in [7, 11) is 0. The van der Waals surface area contributed by atoms with Crippen molar-refractivity contribution in [3.8, 4) is 0 Å². The lowest BCUT2D eigenvalue weighted by Crippen LogP contribution is -2.23. The highest BCUT2D eigenvalue weighted by Crippen LogP contribution is 2.12. The number of carbonyl (C=O) groups is 2. The number of nitrogens with zero attached hydrogens (tertiary/aromatic N) is 2. The SMILES string of the molecule is O=C(Cn1cccn1)Nc1cccc(CNC(=O)c2cccc(I)c2)c1. The van der Waals surface area contributed by atoms with Crippen LogP contribution in [0.1, 0.15) is 15.9 Å². The highest BCUT2D eigenvalue weighted by Gasteiger charge is 2.07. The van der Waals surface area contributed by atoms with E-state index in [1.807, 2.05) is 42.5 Å². The molecular formula is C19H17IN4O2. The fourth-order valence-corrected chi connectivity index (χ4v) is 2.96. The van der Waals surface area contributed by atoms with Crippen molar-refractivity contribution < 1.29 is 9.59 Å². The molecule has 0 radical (unpaired) electrons. The molecule has 2 aromatic carbocycles. The van der Waals surface area contributed by atoms with Gasteiger partial charge in [0.15, 0.2) is 0 Å². The third kappa shape index (κ3) is 5.16. The average Bonchev–Trinajstić information content (AvgIpc) is 3.13. The Morgan fingerprint density at radius 1 is 1.08 bits per heavy atom. The van der Waals surface area contributed by atoms with Crippen LogP contribution in [0.15, 0.2) is 67.0 Å². The summed E-state index contributed by atoms with van der Waals surface area (Å²) in [6, 6.07) is 16.6. The number of hydrogen-bond acceptors (Lipinski definition) is 3. The zero-order valence-electron chi connectivity index (χ0n) is 13.9. The first kappa shape index (κ1) is 18.1. The minimum atomic E-state index is -0.159. The minimum absolute atomic E-state index is 0.128. The second-order valence-corrected chi connectivity index (χ2v) is 6.89. The zero-order valence-corrected chi connectivity index (χ0v) is 16.0. The number of amides is 2. The van der Waals surface area contributed by atoms with E-state index < -0.39 is 0 Å². The smallest absolute Gasteiger partial charge is 0.251 e. The van der Waals surface area contributed by atoms with Gasteiger partial charge in [-0.3, -0.25) is 14.3 Å². The highest BCUT2D eigenvalue weighted by molar-refractivity contribution is 14.1. The van der Waals surface area contributed by atoms with Gasteiger partial charge in [0.25, 0.3) is 5.91 Å². The second-order valence-electron chi connectivity index (χ2n) is 5.65. The van der Waals surface area contributed by atoms with Gasteiger partial charge in [-0.2, -0.15) is 5.10 Å². The molecule has 2 N–H and O–H groups in total. The van der Waals surface area contributed by atoms with Gasteiger partial charge in [-0.1, -0.05) is 18.2 Å². The number of halogens is 1. The molecule has 7 heteroatoms. The van der Waals surface area contributed by atoms with Gasteiger partial charge in [-0.05, 0) is 64.6 Å². The van der Waals surface area contributed by atoms with E-state index in [2.05, 4.69) is 38.3 Å². The first-order chi connectivity index (χ1) is 12.6. The molecule has 1 aromatic heterocycles. The van der Waals surface area contributed by atoms with Crippen molar-refractivity contribution in [3.05, 3.63) is 81.7 Å². The summed E-state index contributed by atoms with van der Waals surface area (Å²) in [6.07, 6.45) is 3.36. The quantitative estimate of drug-likeness (QED) is 0.556. The lowest BCUT2D eigenvalue weighted by Gasteiger charge is -2.09. The molecular weight excluding hydrogens is 443 g/mol. The highest BCUT2D eigenvalue weighted by atomic mass is 127. The topological polar surface area (TPSA) is 76.0 Å². The Morgan fingerprint density at radius 3 is 2.69 bits per heavy atom. The van der Waals surface area contributed by atoms with Crippen LogP contribution in [0.2, 0.25) is 0 Å². The zero-order chi connectivity index (χ0) is 18.4. The van der Waals surface area contributed by atoms with Crippen LogP contribution in [0.4, 0.5) is 5.69 Å². The monoisotopic (exact) mass is 460 g/mol. The normalized spacial score (nSPS) is 10.3. The van der Waals surface area contributed by atoms with E-state index >= 15 is 0 Å². The van der Waals surface area contributed by atoms with Crippen molar-refractivity contribution in [1.29, 1.82) is 0 Å². The fourth-order valence-electron chi connectivity index (χ4n) is 2.41. The summed E-state index contributed by atoms with van der Waals surface area (Å²) in [4.78, 5) is 24.2. The van der Waals surface area contributed by atoms with Gasteiger partial charge in [0.2, 0.25) is 5.91 Å². The molecule has 6 nitrogen and oxygen atoms in total. The molecule has 0 aliphatic heterocycles. The maximum absolute atomic E-state index is 12.2. The Balaban J connectivity index is 1.57. The van der Waals surface area contributed by atoms with Gasteiger partial charge in [0.1, 0.15) is 6.54 Å². The standard InChI is InChI=1S/C19H17IN4O2/c20-16-6-2-5-15(11-16)19(26)21-12-14-4-1-7-17(10-14)23-18(25)13-24-9-3-8-22-24/h1-11H,12-13H2,(H,21,26)(H,23,25). The van der Waals surface area contributed by atoms with Crippen molar-refractivity contribution in [1.82, 2.24) is 15.1 Å². The van der Waals surface area contributed by atoms with Gasteiger partial charge >= 0.3 is 0 Å². The maximum atomic E-state index is 12.2. The van der Waals surface area contributed by atoms with Crippen LogP contribution in [-0.4, -0.2) is 21.6 Å². The Hall–Kier alpha value is -2.68. The predicted octanol–water partition coefficient (Wildman–Crippen LogP) is 3.06. The third-order valence-electron chi connectivity index (χ3n) is 3.62. The van der Waals surface area contributed by atoms with Gasteiger partial charge in [-0.25, -0.2) is 0 Å². The summed E-state index contributed by atoms with van der Waals surface area (Å²) >= 11 is 2.18. The average molecular weight is 460 g/mol. The van der Waals surface area contributed by atoms with Crippen molar-refractivity contribution in [3.63, 3.8) is 0 Å². The number of anilines is 1. The Labute approximate surface area is 164 Å². The summed E-state index contributed by atoms with van der Waals surface area (Å²) in [5.74, 6) is -0.287. The van der Waals surface area contributed by atoms with E-state index in [-0.39, 0.29) is 18.4 Å². The van der Waals surface area contributed by atoms with Crippen molar-refractivity contribution in [2.75, 3.05) is 5.32 Å². The van der Waals surface area contributed by atoms with E-state index in [0.29, 0.717) is 17.8 Å². The fraction of sp³-hybridized carbons (Fsp3) is 0.105. The number of rotatable bonds is 6.